The number of anilines is 2. The molecule has 1 amide bonds. The Bertz CT molecular complexity index is 628. The number of nitrogens with zero attached hydrogens (tertiary/aromatic N) is 2. The Morgan fingerprint density at radius 3 is 2.62 bits per heavy atom. The molecule has 5 nitrogen and oxygen atoms in total. The molecule has 2 N–H and O–H groups in total. The predicted molar refractivity (Wildman–Crippen MR) is 85.2 cm³/mol. The van der Waals surface area contributed by atoms with Gasteiger partial charge in [0.05, 0.1) is 28.1 Å². The largest absolute Gasteiger partial charge is 0.369 e. The summed E-state index contributed by atoms with van der Waals surface area (Å²) in [5, 5.41) is 6.45. The highest BCUT2D eigenvalue weighted by atomic mass is 35.5. The Morgan fingerprint density at radius 2 is 1.95 bits per heavy atom. The van der Waals surface area contributed by atoms with Gasteiger partial charge in [-0.15, -0.1) is 0 Å². The molecule has 2 aromatic rings. The fraction of sp³-hybridized carbons (Fsp3) is 0.214. The molecule has 0 aliphatic rings. The van der Waals surface area contributed by atoms with E-state index in [9.17, 15) is 4.79 Å². The van der Waals surface area contributed by atoms with Gasteiger partial charge in [0.15, 0.2) is 0 Å². The van der Waals surface area contributed by atoms with Crippen LogP contribution in [0, 0.1) is 0 Å². The first-order chi connectivity index (χ1) is 10.1. The van der Waals surface area contributed by atoms with Crippen LogP contribution in [0.25, 0.3) is 0 Å². The number of nitrogens with one attached hydrogen (secondary N) is 2. The maximum atomic E-state index is 12.2. The average Bonchev–Trinajstić information content (AvgIpc) is 2.49. The smallest absolute Gasteiger partial charge is 0.276 e. The van der Waals surface area contributed by atoms with Crippen molar-refractivity contribution in [1.29, 1.82) is 0 Å². The SMILES string of the molecule is CCCNc1cncc(C(=O)Nc2c(Cl)cccc2Cl)n1. The van der Waals surface area contributed by atoms with Crippen molar-refractivity contribution in [2.24, 2.45) is 0 Å². The van der Waals surface area contributed by atoms with Crippen LogP contribution < -0.4 is 10.6 Å². The summed E-state index contributed by atoms with van der Waals surface area (Å²) in [7, 11) is 0. The van der Waals surface area contributed by atoms with Crippen LogP contribution in [0.3, 0.4) is 0 Å². The van der Waals surface area contributed by atoms with Gasteiger partial charge in [-0.25, -0.2) is 4.98 Å². The van der Waals surface area contributed by atoms with Crippen LogP contribution in [0.2, 0.25) is 10.0 Å². The summed E-state index contributed by atoms with van der Waals surface area (Å²) < 4.78 is 0. The van der Waals surface area contributed by atoms with E-state index in [4.69, 9.17) is 23.2 Å². The first-order valence-corrected chi connectivity index (χ1v) is 7.18. The molecule has 7 heteroatoms. The van der Waals surface area contributed by atoms with Gasteiger partial charge in [-0.3, -0.25) is 9.78 Å². The van der Waals surface area contributed by atoms with E-state index in [0.29, 0.717) is 21.6 Å². The van der Waals surface area contributed by atoms with Crippen molar-refractivity contribution in [3.63, 3.8) is 0 Å². The quantitative estimate of drug-likeness (QED) is 0.876. The first-order valence-electron chi connectivity index (χ1n) is 6.43. The topological polar surface area (TPSA) is 66.9 Å². The summed E-state index contributed by atoms with van der Waals surface area (Å²) in [6.45, 7) is 2.80. The molecule has 2 rings (SSSR count). The van der Waals surface area contributed by atoms with Crippen LogP contribution in [0.1, 0.15) is 23.8 Å². The van der Waals surface area contributed by atoms with Gasteiger partial charge in [0.1, 0.15) is 11.5 Å². The normalized spacial score (nSPS) is 10.2. The summed E-state index contributed by atoms with van der Waals surface area (Å²) in [5.74, 6) is 0.132. The number of halogens is 2. The number of para-hydroxylation sites is 1. The van der Waals surface area contributed by atoms with Crippen molar-refractivity contribution < 1.29 is 4.79 Å². The van der Waals surface area contributed by atoms with Crippen LogP contribution in [-0.4, -0.2) is 22.4 Å². The van der Waals surface area contributed by atoms with Gasteiger partial charge in [-0.1, -0.05) is 36.2 Å². The second-order valence-corrected chi connectivity index (χ2v) is 5.08. The maximum absolute atomic E-state index is 12.2. The van der Waals surface area contributed by atoms with Gasteiger partial charge in [0.25, 0.3) is 5.91 Å². The Kier molecular flexibility index (Phi) is 5.36. The van der Waals surface area contributed by atoms with Gasteiger partial charge in [0, 0.05) is 6.54 Å². The van der Waals surface area contributed by atoms with Gasteiger partial charge in [-0.05, 0) is 18.6 Å². The zero-order valence-electron chi connectivity index (χ0n) is 11.4. The molecule has 1 heterocycles. The average molecular weight is 325 g/mol. The zero-order valence-corrected chi connectivity index (χ0v) is 12.9. The molecule has 0 spiro atoms. The number of carbonyl (C=O) groups excluding carboxylic acids is 1. The summed E-state index contributed by atoms with van der Waals surface area (Å²) in [6.07, 6.45) is 3.90. The number of hydrogen-bond donors (Lipinski definition) is 2. The Morgan fingerprint density at radius 1 is 1.24 bits per heavy atom. The highest BCUT2D eigenvalue weighted by Crippen LogP contribution is 2.30. The van der Waals surface area contributed by atoms with Crippen molar-refractivity contribution in [3.05, 3.63) is 46.3 Å². The van der Waals surface area contributed by atoms with Crippen molar-refractivity contribution in [3.8, 4) is 0 Å². The lowest BCUT2D eigenvalue weighted by atomic mass is 10.3. The van der Waals surface area contributed by atoms with Crippen LogP contribution in [0.15, 0.2) is 30.6 Å². The lowest BCUT2D eigenvalue weighted by Crippen LogP contribution is -2.16. The minimum absolute atomic E-state index is 0.187. The number of carbonyl (C=O) groups is 1. The van der Waals surface area contributed by atoms with Gasteiger partial charge in [-0.2, -0.15) is 0 Å². The lowest BCUT2D eigenvalue weighted by Gasteiger charge is -2.09. The Labute approximate surface area is 132 Å². The predicted octanol–water partition coefficient (Wildman–Crippen LogP) is 3.86. The second-order valence-electron chi connectivity index (χ2n) is 4.27. The van der Waals surface area contributed by atoms with Crippen molar-refractivity contribution >= 4 is 40.6 Å². The summed E-state index contributed by atoms with van der Waals surface area (Å²) in [5.41, 5.74) is 0.548. The third-order valence-corrected chi connectivity index (χ3v) is 3.25. The van der Waals surface area contributed by atoms with Crippen LogP contribution >= 0.6 is 23.2 Å². The Balaban J connectivity index is 2.17. The molecule has 1 aromatic carbocycles. The number of amides is 1. The third-order valence-electron chi connectivity index (χ3n) is 2.62. The number of aromatic nitrogens is 2. The molecule has 0 radical (unpaired) electrons. The van der Waals surface area contributed by atoms with E-state index < -0.39 is 5.91 Å². The van der Waals surface area contributed by atoms with E-state index in [1.165, 1.54) is 6.20 Å². The van der Waals surface area contributed by atoms with Crippen molar-refractivity contribution in [2.45, 2.75) is 13.3 Å². The summed E-state index contributed by atoms with van der Waals surface area (Å²) >= 11 is 12.0. The van der Waals surface area contributed by atoms with Gasteiger partial charge in [0.2, 0.25) is 0 Å². The molecule has 0 saturated heterocycles. The van der Waals surface area contributed by atoms with E-state index >= 15 is 0 Å². The van der Waals surface area contributed by atoms with Crippen LogP contribution in [0.4, 0.5) is 11.5 Å². The van der Waals surface area contributed by atoms with Crippen LogP contribution in [-0.2, 0) is 0 Å². The number of hydrogen-bond acceptors (Lipinski definition) is 4. The number of benzene rings is 1. The minimum atomic E-state index is -0.419. The highest BCUT2D eigenvalue weighted by Gasteiger charge is 2.13. The number of rotatable bonds is 5. The van der Waals surface area contributed by atoms with E-state index in [2.05, 4.69) is 20.6 Å². The Hall–Kier alpha value is -1.85. The molecule has 1 aromatic heterocycles. The standard InChI is InChI=1S/C14H14Cl2N4O/c1-2-6-18-12-8-17-7-11(19-12)14(21)20-13-9(15)4-3-5-10(13)16/h3-5,7-8H,2,6H2,1H3,(H,18,19)(H,20,21). The lowest BCUT2D eigenvalue weighted by molar-refractivity contribution is 0.102. The highest BCUT2D eigenvalue weighted by molar-refractivity contribution is 6.39. The maximum Gasteiger partial charge on any atom is 0.276 e. The molecular formula is C14H14Cl2N4O. The second kappa shape index (κ2) is 7.24. The molecule has 0 unspecified atom stereocenters. The van der Waals surface area contributed by atoms with Crippen molar-refractivity contribution in [2.75, 3.05) is 17.2 Å². The van der Waals surface area contributed by atoms with E-state index in [0.717, 1.165) is 13.0 Å². The summed E-state index contributed by atoms with van der Waals surface area (Å²) in [4.78, 5) is 20.4. The molecule has 21 heavy (non-hydrogen) atoms. The molecule has 0 saturated carbocycles. The fourth-order valence-corrected chi connectivity index (χ4v) is 2.10. The van der Waals surface area contributed by atoms with E-state index in [-0.39, 0.29) is 5.69 Å². The molecule has 110 valence electrons. The van der Waals surface area contributed by atoms with Crippen molar-refractivity contribution in [1.82, 2.24) is 9.97 Å². The zero-order chi connectivity index (χ0) is 15.2. The summed E-state index contributed by atoms with van der Waals surface area (Å²) in [6, 6.07) is 5.00. The third kappa shape index (κ3) is 4.06. The molecular weight excluding hydrogens is 311 g/mol. The molecule has 0 aliphatic carbocycles. The fourth-order valence-electron chi connectivity index (χ4n) is 1.61. The monoisotopic (exact) mass is 324 g/mol. The van der Waals surface area contributed by atoms with E-state index in [1.54, 1.807) is 24.4 Å². The van der Waals surface area contributed by atoms with E-state index in [1.807, 2.05) is 6.92 Å². The van der Waals surface area contributed by atoms with Gasteiger partial charge >= 0.3 is 0 Å². The van der Waals surface area contributed by atoms with Gasteiger partial charge < -0.3 is 10.6 Å². The minimum Gasteiger partial charge on any atom is -0.369 e. The molecule has 0 aliphatic heterocycles. The first kappa shape index (κ1) is 15.5. The molecule has 0 bridgehead atoms. The molecule has 0 atom stereocenters. The molecule has 0 fully saturated rings. The van der Waals surface area contributed by atoms with Crippen LogP contribution in [0.5, 0.6) is 0 Å².